The zero-order valence-electron chi connectivity index (χ0n) is 12.5. The van der Waals surface area contributed by atoms with Gasteiger partial charge in [-0.25, -0.2) is 0 Å². The summed E-state index contributed by atoms with van der Waals surface area (Å²) in [4.78, 5) is 14.6. The number of hydrogen-bond donors (Lipinski definition) is 1. The van der Waals surface area contributed by atoms with Crippen molar-refractivity contribution in [1.29, 1.82) is 0 Å². The Balaban J connectivity index is 1.41. The highest BCUT2D eigenvalue weighted by Crippen LogP contribution is 2.16. The zero-order valence-corrected chi connectivity index (χ0v) is 12.5. The summed E-state index contributed by atoms with van der Waals surface area (Å²) in [5, 5.41) is 3.20. The first-order chi connectivity index (χ1) is 10.3. The summed E-state index contributed by atoms with van der Waals surface area (Å²) in [5.41, 5.74) is 1.36. The minimum Gasteiger partial charge on any atom is -0.381 e. The second kappa shape index (κ2) is 7.05. The van der Waals surface area contributed by atoms with Crippen molar-refractivity contribution in [2.24, 2.45) is 5.92 Å². The van der Waals surface area contributed by atoms with Crippen LogP contribution in [-0.4, -0.2) is 43.2 Å². The highest BCUT2D eigenvalue weighted by molar-refractivity contribution is 5.79. The fourth-order valence-electron chi connectivity index (χ4n) is 3.14. The van der Waals surface area contributed by atoms with Crippen molar-refractivity contribution in [2.75, 3.05) is 26.3 Å². The molecule has 2 heterocycles. The monoisotopic (exact) mass is 288 g/mol. The average Bonchev–Trinajstić information content (AvgIpc) is 3.05. The molecule has 2 fully saturated rings. The summed E-state index contributed by atoms with van der Waals surface area (Å²) >= 11 is 0. The molecule has 114 valence electrons. The van der Waals surface area contributed by atoms with Crippen molar-refractivity contribution in [3.63, 3.8) is 0 Å². The van der Waals surface area contributed by atoms with Gasteiger partial charge in [-0.2, -0.15) is 0 Å². The van der Waals surface area contributed by atoms with E-state index in [4.69, 9.17) is 4.74 Å². The largest absolute Gasteiger partial charge is 0.381 e. The van der Waals surface area contributed by atoms with Crippen LogP contribution in [0, 0.1) is 5.92 Å². The maximum atomic E-state index is 12.1. The minimum atomic E-state index is 0.0762. The predicted molar refractivity (Wildman–Crippen MR) is 81.8 cm³/mol. The number of rotatable bonds is 4. The van der Waals surface area contributed by atoms with Crippen LogP contribution < -0.4 is 5.32 Å². The minimum absolute atomic E-state index is 0.0762. The lowest BCUT2D eigenvalue weighted by Gasteiger charge is -2.32. The standard InChI is InChI=1S/C17H24N2O2/c20-17(15-8-11-21-13-15)18-16-6-9-19(10-7-16)12-14-4-2-1-3-5-14/h1-5,15-16H,6-13H2,(H,18,20)/t15-/m0/s1. The van der Waals surface area contributed by atoms with Crippen LogP contribution >= 0.6 is 0 Å². The van der Waals surface area contributed by atoms with Gasteiger partial charge in [0.1, 0.15) is 0 Å². The quantitative estimate of drug-likeness (QED) is 0.918. The van der Waals surface area contributed by atoms with E-state index >= 15 is 0 Å². The van der Waals surface area contributed by atoms with Gasteiger partial charge >= 0.3 is 0 Å². The third-order valence-corrected chi connectivity index (χ3v) is 4.48. The van der Waals surface area contributed by atoms with Crippen molar-refractivity contribution in [3.05, 3.63) is 35.9 Å². The maximum Gasteiger partial charge on any atom is 0.225 e. The van der Waals surface area contributed by atoms with Crippen LogP contribution in [0.4, 0.5) is 0 Å². The van der Waals surface area contributed by atoms with Crippen molar-refractivity contribution in [3.8, 4) is 0 Å². The summed E-state index contributed by atoms with van der Waals surface area (Å²) in [6, 6.07) is 10.9. The molecule has 1 amide bonds. The molecule has 1 aromatic carbocycles. The van der Waals surface area contributed by atoms with E-state index in [1.807, 2.05) is 0 Å². The highest BCUT2D eigenvalue weighted by atomic mass is 16.5. The normalized spacial score (nSPS) is 24.1. The van der Waals surface area contributed by atoms with E-state index in [0.717, 1.165) is 45.5 Å². The predicted octanol–water partition coefficient (Wildman–Crippen LogP) is 1.80. The van der Waals surface area contributed by atoms with Crippen LogP contribution in [0.5, 0.6) is 0 Å². The van der Waals surface area contributed by atoms with Crippen molar-refractivity contribution >= 4 is 5.91 Å². The Morgan fingerprint density at radius 2 is 1.95 bits per heavy atom. The van der Waals surface area contributed by atoms with E-state index in [-0.39, 0.29) is 11.8 Å². The number of likely N-dealkylation sites (tertiary alicyclic amines) is 1. The lowest BCUT2D eigenvalue weighted by molar-refractivity contribution is -0.126. The summed E-state index contributed by atoms with van der Waals surface area (Å²) in [6.07, 6.45) is 2.97. The molecule has 0 spiro atoms. The number of benzene rings is 1. The van der Waals surface area contributed by atoms with Crippen molar-refractivity contribution in [1.82, 2.24) is 10.2 Å². The summed E-state index contributed by atoms with van der Waals surface area (Å²) < 4.78 is 5.28. The zero-order chi connectivity index (χ0) is 14.5. The molecule has 0 saturated carbocycles. The van der Waals surface area contributed by atoms with Crippen LogP contribution in [0.2, 0.25) is 0 Å². The van der Waals surface area contributed by atoms with Gasteiger partial charge in [-0.1, -0.05) is 30.3 Å². The van der Waals surface area contributed by atoms with Crippen LogP contribution in [0.25, 0.3) is 0 Å². The van der Waals surface area contributed by atoms with Crippen LogP contribution in [0.15, 0.2) is 30.3 Å². The second-order valence-corrected chi connectivity index (χ2v) is 6.11. The van der Waals surface area contributed by atoms with E-state index in [0.29, 0.717) is 12.6 Å². The number of piperidine rings is 1. The average molecular weight is 288 g/mol. The number of carbonyl (C=O) groups is 1. The summed E-state index contributed by atoms with van der Waals surface area (Å²) in [6.45, 7) is 4.45. The molecule has 4 heteroatoms. The Bertz CT molecular complexity index is 449. The van der Waals surface area contributed by atoms with Gasteiger partial charge < -0.3 is 10.1 Å². The second-order valence-electron chi connectivity index (χ2n) is 6.11. The molecular weight excluding hydrogens is 264 g/mol. The number of amides is 1. The van der Waals surface area contributed by atoms with Gasteiger partial charge in [0, 0.05) is 32.3 Å². The van der Waals surface area contributed by atoms with Crippen LogP contribution in [0.1, 0.15) is 24.8 Å². The molecule has 0 unspecified atom stereocenters. The van der Waals surface area contributed by atoms with Crippen LogP contribution in [-0.2, 0) is 16.1 Å². The Morgan fingerprint density at radius 1 is 1.19 bits per heavy atom. The molecule has 0 aliphatic carbocycles. The van der Waals surface area contributed by atoms with Gasteiger partial charge in [0.2, 0.25) is 5.91 Å². The SMILES string of the molecule is O=C(NC1CCN(Cc2ccccc2)CC1)[C@H]1CCOC1. The number of carbonyl (C=O) groups excluding carboxylic acids is 1. The molecule has 0 radical (unpaired) electrons. The third-order valence-electron chi connectivity index (χ3n) is 4.48. The smallest absolute Gasteiger partial charge is 0.225 e. The first-order valence-electron chi connectivity index (χ1n) is 7.95. The van der Waals surface area contributed by atoms with E-state index in [1.54, 1.807) is 0 Å². The molecule has 4 nitrogen and oxygen atoms in total. The molecule has 1 N–H and O–H groups in total. The lowest BCUT2D eigenvalue weighted by Crippen LogP contribution is -2.46. The molecule has 0 aromatic heterocycles. The summed E-state index contributed by atoms with van der Waals surface area (Å²) in [5.74, 6) is 0.265. The molecule has 2 aliphatic heterocycles. The Labute approximate surface area is 126 Å². The maximum absolute atomic E-state index is 12.1. The molecule has 1 atom stereocenters. The number of nitrogens with zero attached hydrogens (tertiary/aromatic N) is 1. The number of hydrogen-bond acceptors (Lipinski definition) is 3. The van der Waals surface area contributed by atoms with Gasteiger partial charge in [0.25, 0.3) is 0 Å². The van der Waals surface area contributed by atoms with Gasteiger partial charge in [-0.3, -0.25) is 9.69 Å². The third kappa shape index (κ3) is 4.05. The number of nitrogens with one attached hydrogen (secondary N) is 1. The lowest BCUT2D eigenvalue weighted by atomic mass is 10.0. The molecular formula is C17H24N2O2. The summed E-state index contributed by atoms with van der Waals surface area (Å²) in [7, 11) is 0. The molecule has 2 aliphatic rings. The van der Waals surface area contributed by atoms with Gasteiger partial charge in [0.05, 0.1) is 12.5 Å². The molecule has 2 saturated heterocycles. The van der Waals surface area contributed by atoms with Gasteiger partial charge in [0.15, 0.2) is 0 Å². The first kappa shape index (κ1) is 14.5. The van der Waals surface area contributed by atoms with E-state index in [2.05, 4.69) is 40.5 Å². The Morgan fingerprint density at radius 3 is 2.62 bits per heavy atom. The Kier molecular flexibility index (Phi) is 4.88. The topological polar surface area (TPSA) is 41.6 Å². The highest BCUT2D eigenvalue weighted by Gasteiger charge is 2.27. The van der Waals surface area contributed by atoms with Crippen molar-refractivity contribution in [2.45, 2.75) is 31.8 Å². The molecule has 3 rings (SSSR count). The number of ether oxygens (including phenoxy) is 1. The van der Waals surface area contributed by atoms with E-state index in [1.165, 1.54) is 5.56 Å². The first-order valence-corrected chi connectivity index (χ1v) is 7.95. The fourth-order valence-corrected chi connectivity index (χ4v) is 3.14. The Hall–Kier alpha value is -1.39. The van der Waals surface area contributed by atoms with Gasteiger partial charge in [-0.05, 0) is 24.8 Å². The molecule has 1 aromatic rings. The molecule has 21 heavy (non-hydrogen) atoms. The van der Waals surface area contributed by atoms with E-state index in [9.17, 15) is 4.79 Å². The van der Waals surface area contributed by atoms with Crippen molar-refractivity contribution < 1.29 is 9.53 Å². The fraction of sp³-hybridized carbons (Fsp3) is 0.588. The van der Waals surface area contributed by atoms with Gasteiger partial charge in [-0.15, -0.1) is 0 Å². The molecule has 0 bridgehead atoms. The van der Waals surface area contributed by atoms with Crippen LogP contribution in [0.3, 0.4) is 0 Å². The van der Waals surface area contributed by atoms with E-state index < -0.39 is 0 Å².